The van der Waals surface area contributed by atoms with E-state index in [1.54, 1.807) is 42.5 Å². The Kier molecular flexibility index (Phi) is 11.9. The summed E-state index contributed by atoms with van der Waals surface area (Å²) in [5.41, 5.74) is -0.00474. The highest BCUT2D eigenvalue weighted by atomic mass is 79.9. The topological polar surface area (TPSA) is 86.8 Å². The average Bonchev–Trinajstić information content (AvgIpc) is 3.04. The van der Waals surface area contributed by atoms with E-state index in [2.05, 4.69) is 21.2 Å². The maximum atomic E-state index is 14.5. The number of halogens is 4. The normalized spacial score (nSPS) is 12.4. The molecule has 0 spiro atoms. The summed E-state index contributed by atoms with van der Waals surface area (Å²) in [4.78, 5) is 29.4. The number of nitrogens with zero attached hydrogens (tertiary/aromatic N) is 2. The molecule has 47 heavy (non-hydrogen) atoms. The van der Waals surface area contributed by atoms with E-state index in [0.717, 1.165) is 22.2 Å². The van der Waals surface area contributed by atoms with Gasteiger partial charge in [-0.25, -0.2) is 8.42 Å². The van der Waals surface area contributed by atoms with Gasteiger partial charge in [0.25, 0.3) is 10.0 Å². The molecule has 248 valence electrons. The third-order valence-electron chi connectivity index (χ3n) is 7.27. The predicted octanol–water partition coefficient (Wildman–Crippen LogP) is 7.08. The van der Waals surface area contributed by atoms with Crippen LogP contribution in [0.5, 0.6) is 0 Å². The molecule has 4 rings (SSSR count). The number of nitrogens with one attached hydrogen (secondary N) is 1. The largest absolute Gasteiger partial charge is 0.416 e. The number of carbonyl (C=O) groups excluding carboxylic acids is 2. The van der Waals surface area contributed by atoms with Gasteiger partial charge in [0.05, 0.1) is 16.1 Å². The molecule has 4 aromatic carbocycles. The molecular weight excluding hydrogens is 695 g/mol. The summed E-state index contributed by atoms with van der Waals surface area (Å²) in [6, 6.07) is 26.1. The molecule has 0 aliphatic carbocycles. The van der Waals surface area contributed by atoms with Crippen molar-refractivity contribution in [3.05, 3.63) is 130 Å². The van der Waals surface area contributed by atoms with E-state index in [9.17, 15) is 31.2 Å². The maximum Gasteiger partial charge on any atom is 0.416 e. The van der Waals surface area contributed by atoms with Gasteiger partial charge in [0.1, 0.15) is 12.6 Å². The molecule has 0 heterocycles. The molecule has 0 fully saturated rings. The zero-order valence-electron chi connectivity index (χ0n) is 25.8. The fourth-order valence-corrected chi connectivity index (χ4v) is 6.77. The third kappa shape index (κ3) is 9.68. The van der Waals surface area contributed by atoms with E-state index in [1.165, 1.54) is 35.2 Å². The van der Waals surface area contributed by atoms with Crippen LogP contribution in [0.1, 0.15) is 30.5 Å². The molecule has 2 amide bonds. The number of amides is 2. The van der Waals surface area contributed by atoms with E-state index in [4.69, 9.17) is 0 Å². The Morgan fingerprint density at radius 3 is 2.06 bits per heavy atom. The molecule has 1 unspecified atom stereocenters. The second-order valence-electron chi connectivity index (χ2n) is 11.4. The van der Waals surface area contributed by atoms with Crippen LogP contribution in [0.3, 0.4) is 0 Å². The van der Waals surface area contributed by atoms with Gasteiger partial charge in [-0.1, -0.05) is 96.5 Å². The smallest absolute Gasteiger partial charge is 0.354 e. The number of sulfonamides is 1. The van der Waals surface area contributed by atoms with Crippen LogP contribution in [0, 0.1) is 5.92 Å². The van der Waals surface area contributed by atoms with Crippen LogP contribution in [0.25, 0.3) is 0 Å². The van der Waals surface area contributed by atoms with Crippen molar-refractivity contribution in [3.8, 4) is 0 Å². The van der Waals surface area contributed by atoms with Crippen LogP contribution in [-0.4, -0.2) is 44.3 Å². The van der Waals surface area contributed by atoms with Gasteiger partial charge < -0.3 is 10.2 Å². The summed E-state index contributed by atoms with van der Waals surface area (Å²) in [6.45, 7) is 3.25. The van der Waals surface area contributed by atoms with Gasteiger partial charge in [-0.05, 0) is 59.5 Å². The second-order valence-corrected chi connectivity index (χ2v) is 14.1. The molecule has 0 aliphatic heterocycles. The Hall–Kier alpha value is -4.16. The van der Waals surface area contributed by atoms with Crippen molar-refractivity contribution >= 4 is 43.5 Å². The zero-order valence-corrected chi connectivity index (χ0v) is 28.2. The molecule has 0 aromatic heterocycles. The van der Waals surface area contributed by atoms with E-state index in [1.807, 2.05) is 32.0 Å². The summed E-state index contributed by atoms with van der Waals surface area (Å²) >= 11 is 3.43. The Morgan fingerprint density at radius 2 is 1.45 bits per heavy atom. The molecule has 7 nitrogen and oxygen atoms in total. The molecule has 4 aromatic rings. The fraction of sp³-hybridized carbons (Fsp3) is 0.257. The molecule has 0 bridgehead atoms. The third-order valence-corrected chi connectivity index (χ3v) is 9.55. The highest BCUT2D eigenvalue weighted by Crippen LogP contribution is 2.33. The molecular formula is C35H35BrF3N3O4S. The first-order valence-electron chi connectivity index (χ1n) is 14.9. The summed E-state index contributed by atoms with van der Waals surface area (Å²) in [5.74, 6) is -1.11. The van der Waals surface area contributed by atoms with Gasteiger partial charge in [0.2, 0.25) is 11.8 Å². The summed E-state index contributed by atoms with van der Waals surface area (Å²) in [6.07, 6.45) is -4.65. The van der Waals surface area contributed by atoms with Crippen LogP contribution < -0.4 is 9.62 Å². The predicted molar refractivity (Wildman–Crippen MR) is 179 cm³/mol. The van der Waals surface area contributed by atoms with Crippen LogP contribution in [0.4, 0.5) is 18.9 Å². The highest BCUT2D eigenvalue weighted by Gasteiger charge is 2.36. The first-order valence-corrected chi connectivity index (χ1v) is 17.1. The summed E-state index contributed by atoms with van der Waals surface area (Å²) in [7, 11) is -4.54. The lowest BCUT2D eigenvalue weighted by Crippen LogP contribution is -2.53. The molecule has 12 heteroatoms. The molecule has 1 atom stereocenters. The number of carbonyl (C=O) groups is 2. The van der Waals surface area contributed by atoms with Gasteiger partial charge in [-0.2, -0.15) is 13.2 Å². The zero-order chi connectivity index (χ0) is 34.2. The second kappa shape index (κ2) is 15.6. The van der Waals surface area contributed by atoms with Gasteiger partial charge >= 0.3 is 6.18 Å². The first kappa shape index (κ1) is 35.7. The standard InChI is InChI=1S/C35H35BrF3N3O4S/c1-25(2)22-40-34(44)32(20-26-11-5-3-6-12-26)41(23-27-13-9-15-29(36)19-27)33(43)24-42(47(45,46)31-17-7-4-8-18-31)30-16-10-14-28(21-30)35(37,38)39/h3-19,21,25,32H,20,22-24H2,1-2H3,(H,40,44). The van der Waals surface area contributed by atoms with Crippen molar-refractivity contribution in [2.75, 3.05) is 17.4 Å². The quantitative estimate of drug-likeness (QED) is 0.160. The fourth-order valence-electron chi connectivity index (χ4n) is 4.89. The monoisotopic (exact) mass is 729 g/mol. The Balaban J connectivity index is 1.83. The van der Waals surface area contributed by atoms with Crippen molar-refractivity contribution in [1.82, 2.24) is 10.2 Å². The maximum absolute atomic E-state index is 14.5. The van der Waals surface area contributed by atoms with Crippen LogP contribution in [-0.2, 0) is 38.8 Å². The van der Waals surface area contributed by atoms with E-state index in [-0.39, 0.29) is 29.5 Å². The lowest BCUT2D eigenvalue weighted by Gasteiger charge is -2.34. The van der Waals surface area contributed by atoms with Crippen molar-refractivity contribution < 1.29 is 31.2 Å². The van der Waals surface area contributed by atoms with Crippen molar-refractivity contribution in [2.24, 2.45) is 5.92 Å². The number of benzene rings is 4. The minimum Gasteiger partial charge on any atom is -0.354 e. The van der Waals surface area contributed by atoms with Gasteiger partial charge in [0.15, 0.2) is 0 Å². The molecule has 0 saturated heterocycles. The molecule has 0 radical (unpaired) electrons. The molecule has 0 aliphatic rings. The Labute approximate surface area is 281 Å². The van der Waals surface area contributed by atoms with Crippen LogP contribution in [0.15, 0.2) is 119 Å². The lowest BCUT2D eigenvalue weighted by molar-refractivity contribution is -0.140. The van der Waals surface area contributed by atoms with E-state index in [0.29, 0.717) is 22.5 Å². The van der Waals surface area contributed by atoms with Crippen molar-refractivity contribution in [3.63, 3.8) is 0 Å². The number of hydrogen-bond acceptors (Lipinski definition) is 4. The molecule has 0 saturated carbocycles. The van der Waals surface area contributed by atoms with Gasteiger partial charge in [-0.3, -0.25) is 13.9 Å². The number of hydrogen-bond donors (Lipinski definition) is 1. The molecule has 1 N–H and O–H groups in total. The first-order chi connectivity index (χ1) is 22.3. The number of alkyl halides is 3. The van der Waals surface area contributed by atoms with E-state index < -0.39 is 46.2 Å². The number of anilines is 1. The number of rotatable bonds is 13. The minimum absolute atomic E-state index is 0.0767. The Bertz CT molecular complexity index is 1770. The van der Waals surface area contributed by atoms with Gasteiger partial charge in [-0.15, -0.1) is 0 Å². The SMILES string of the molecule is CC(C)CNC(=O)C(Cc1ccccc1)N(Cc1cccc(Br)c1)C(=O)CN(c1cccc(C(F)(F)F)c1)S(=O)(=O)c1ccccc1. The highest BCUT2D eigenvalue weighted by molar-refractivity contribution is 9.10. The van der Waals surface area contributed by atoms with Gasteiger partial charge in [0, 0.05) is 24.0 Å². The van der Waals surface area contributed by atoms with Crippen LogP contribution >= 0.6 is 15.9 Å². The van der Waals surface area contributed by atoms with E-state index >= 15 is 0 Å². The average molecular weight is 731 g/mol. The lowest BCUT2D eigenvalue weighted by atomic mass is 10.0. The summed E-state index contributed by atoms with van der Waals surface area (Å²) < 4.78 is 70.7. The minimum atomic E-state index is -4.76. The van der Waals surface area contributed by atoms with Crippen LogP contribution in [0.2, 0.25) is 0 Å². The van der Waals surface area contributed by atoms with Crippen molar-refractivity contribution in [2.45, 2.75) is 43.9 Å². The Morgan fingerprint density at radius 1 is 0.830 bits per heavy atom. The van der Waals surface area contributed by atoms with Crippen molar-refractivity contribution in [1.29, 1.82) is 0 Å². The summed E-state index contributed by atoms with van der Waals surface area (Å²) in [5, 5.41) is 2.90.